The van der Waals surface area contributed by atoms with Crippen molar-refractivity contribution in [3.05, 3.63) is 77.6 Å². The Morgan fingerprint density at radius 3 is 2.63 bits per heavy atom. The van der Waals surface area contributed by atoms with Crippen LogP contribution in [0.15, 0.2) is 60.9 Å². The first kappa shape index (κ1) is 17.2. The normalized spacial score (nSPS) is 12.7. The van der Waals surface area contributed by atoms with Gasteiger partial charge in [0.1, 0.15) is 0 Å². The molecule has 0 saturated heterocycles. The first-order valence-corrected chi connectivity index (χ1v) is 9.23. The van der Waals surface area contributed by atoms with Crippen LogP contribution in [0.4, 0.5) is 17.3 Å². The monoisotopic (exact) mass is 358 g/mol. The summed E-state index contributed by atoms with van der Waals surface area (Å²) in [5.41, 5.74) is 4.94. The molecule has 0 aliphatic carbocycles. The van der Waals surface area contributed by atoms with E-state index in [1.54, 1.807) is 12.4 Å². The van der Waals surface area contributed by atoms with Crippen LogP contribution in [0.1, 0.15) is 28.4 Å². The molecule has 2 heterocycles. The second-order valence-electron chi connectivity index (χ2n) is 6.69. The Balaban J connectivity index is 1.58. The second kappa shape index (κ2) is 7.19. The van der Waals surface area contributed by atoms with E-state index in [0.717, 1.165) is 24.3 Å². The topological polar surface area (TPSA) is 49.3 Å². The predicted molar refractivity (Wildman–Crippen MR) is 108 cm³/mol. The lowest BCUT2D eigenvalue weighted by molar-refractivity contribution is 0.0988. The predicted octanol–water partition coefficient (Wildman–Crippen LogP) is 4.15. The minimum atomic E-state index is -0.0508. The van der Waals surface area contributed by atoms with Crippen molar-refractivity contribution < 1.29 is 4.79 Å². The van der Waals surface area contributed by atoms with E-state index in [1.807, 2.05) is 40.1 Å². The number of amides is 1. The third-order valence-corrected chi connectivity index (χ3v) is 4.89. The second-order valence-corrected chi connectivity index (χ2v) is 6.69. The van der Waals surface area contributed by atoms with Crippen molar-refractivity contribution in [3.8, 4) is 0 Å². The minimum absolute atomic E-state index is 0.0508. The molecule has 2 aromatic carbocycles. The van der Waals surface area contributed by atoms with Gasteiger partial charge in [-0.2, -0.15) is 0 Å². The van der Waals surface area contributed by atoms with Gasteiger partial charge in [0.25, 0.3) is 5.91 Å². The number of anilines is 3. The summed E-state index contributed by atoms with van der Waals surface area (Å²) < 4.78 is 0. The zero-order valence-corrected chi connectivity index (χ0v) is 15.6. The molecular weight excluding hydrogens is 336 g/mol. The van der Waals surface area contributed by atoms with Gasteiger partial charge in [-0.05, 0) is 49.6 Å². The largest absolute Gasteiger partial charge is 0.311 e. The first-order chi connectivity index (χ1) is 13.2. The van der Waals surface area contributed by atoms with Crippen LogP contribution >= 0.6 is 0 Å². The smallest absolute Gasteiger partial charge is 0.261 e. The third kappa shape index (κ3) is 3.28. The van der Waals surface area contributed by atoms with Crippen molar-refractivity contribution in [2.24, 2.45) is 0 Å². The molecule has 1 aromatic heterocycles. The molecule has 0 spiro atoms. The minimum Gasteiger partial charge on any atom is -0.311 e. The number of fused-ring (bicyclic) bond motifs is 1. The average Bonchev–Trinajstić information content (AvgIpc) is 3.13. The standard InChI is InChI=1S/C22H22N4O/c1-3-25(19-9-6-7-16(2)13-19)22-23-14-18(15-24-22)21(27)26-12-11-17-8-4-5-10-20(17)26/h4-10,13-15H,3,11-12H2,1-2H3. The van der Waals surface area contributed by atoms with E-state index in [4.69, 9.17) is 0 Å². The first-order valence-electron chi connectivity index (χ1n) is 9.23. The summed E-state index contributed by atoms with van der Waals surface area (Å²) in [7, 11) is 0. The Morgan fingerprint density at radius 2 is 1.89 bits per heavy atom. The maximum Gasteiger partial charge on any atom is 0.261 e. The number of carbonyl (C=O) groups is 1. The lowest BCUT2D eigenvalue weighted by atomic mass is 10.2. The molecule has 0 unspecified atom stereocenters. The highest BCUT2D eigenvalue weighted by Gasteiger charge is 2.25. The summed E-state index contributed by atoms with van der Waals surface area (Å²) in [5.74, 6) is 0.548. The van der Waals surface area contributed by atoms with Gasteiger partial charge in [0.2, 0.25) is 5.95 Å². The van der Waals surface area contributed by atoms with Gasteiger partial charge < -0.3 is 9.80 Å². The number of hydrogen-bond donors (Lipinski definition) is 0. The lowest BCUT2D eigenvalue weighted by Gasteiger charge is -2.22. The summed E-state index contributed by atoms with van der Waals surface area (Å²) in [5, 5.41) is 0. The zero-order chi connectivity index (χ0) is 18.8. The molecule has 1 aliphatic heterocycles. The van der Waals surface area contributed by atoms with Crippen LogP contribution in [-0.2, 0) is 6.42 Å². The number of rotatable bonds is 4. The summed E-state index contributed by atoms with van der Waals surface area (Å²) in [4.78, 5) is 25.7. The van der Waals surface area contributed by atoms with Crippen molar-refractivity contribution in [1.82, 2.24) is 9.97 Å². The Bertz CT molecular complexity index is 968. The third-order valence-electron chi connectivity index (χ3n) is 4.89. The Kier molecular flexibility index (Phi) is 4.59. The number of benzene rings is 2. The van der Waals surface area contributed by atoms with Crippen LogP contribution in [0, 0.1) is 6.92 Å². The zero-order valence-electron chi connectivity index (χ0n) is 15.6. The van der Waals surface area contributed by atoms with Crippen LogP contribution in [0.2, 0.25) is 0 Å². The lowest BCUT2D eigenvalue weighted by Crippen LogP contribution is -2.29. The maximum atomic E-state index is 12.9. The van der Waals surface area contributed by atoms with Crippen molar-refractivity contribution in [2.45, 2.75) is 20.3 Å². The Hall–Kier alpha value is -3.21. The summed E-state index contributed by atoms with van der Waals surface area (Å²) in [6, 6.07) is 16.3. The van der Waals surface area contributed by atoms with Gasteiger partial charge in [0.05, 0.1) is 5.56 Å². The molecule has 0 N–H and O–H groups in total. The van der Waals surface area contributed by atoms with E-state index in [9.17, 15) is 4.79 Å². The quantitative estimate of drug-likeness (QED) is 0.703. The molecule has 0 bridgehead atoms. The fraction of sp³-hybridized carbons (Fsp3) is 0.227. The van der Waals surface area contributed by atoms with Gasteiger partial charge in [-0.1, -0.05) is 30.3 Å². The van der Waals surface area contributed by atoms with Crippen molar-refractivity contribution >= 4 is 23.2 Å². The molecule has 27 heavy (non-hydrogen) atoms. The van der Waals surface area contributed by atoms with Gasteiger partial charge in [0.15, 0.2) is 0 Å². The van der Waals surface area contributed by atoms with Crippen molar-refractivity contribution in [1.29, 1.82) is 0 Å². The molecule has 4 rings (SSSR count). The maximum absolute atomic E-state index is 12.9. The molecule has 0 radical (unpaired) electrons. The van der Waals surface area contributed by atoms with Crippen LogP contribution in [-0.4, -0.2) is 29.0 Å². The number of aromatic nitrogens is 2. The van der Waals surface area contributed by atoms with E-state index >= 15 is 0 Å². The number of hydrogen-bond acceptors (Lipinski definition) is 4. The highest BCUT2D eigenvalue weighted by atomic mass is 16.2. The van der Waals surface area contributed by atoms with E-state index in [0.29, 0.717) is 18.1 Å². The number of carbonyl (C=O) groups excluding carboxylic acids is 1. The fourth-order valence-electron chi connectivity index (χ4n) is 3.51. The Morgan fingerprint density at radius 1 is 1.11 bits per heavy atom. The number of para-hydroxylation sites is 1. The fourth-order valence-corrected chi connectivity index (χ4v) is 3.51. The van der Waals surface area contributed by atoms with Gasteiger partial charge >= 0.3 is 0 Å². The van der Waals surface area contributed by atoms with E-state index in [1.165, 1.54) is 11.1 Å². The molecule has 1 aliphatic rings. The molecule has 5 nitrogen and oxygen atoms in total. The SMILES string of the molecule is CCN(c1cccc(C)c1)c1ncc(C(=O)N2CCc3ccccc32)cn1. The van der Waals surface area contributed by atoms with Crippen molar-refractivity contribution in [3.63, 3.8) is 0 Å². The van der Waals surface area contributed by atoms with Crippen LogP contribution < -0.4 is 9.80 Å². The summed E-state index contributed by atoms with van der Waals surface area (Å²) in [6.45, 7) is 5.57. The van der Waals surface area contributed by atoms with Gasteiger partial charge in [-0.15, -0.1) is 0 Å². The highest BCUT2D eigenvalue weighted by molar-refractivity contribution is 6.07. The highest BCUT2D eigenvalue weighted by Crippen LogP contribution is 2.29. The number of nitrogens with zero attached hydrogens (tertiary/aromatic N) is 4. The molecule has 136 valence electrons. The van der Waals surface area contributed by atoms with Crippen LogP contribution in [0.3, 0.4) is 0 Å². The van der Waals surface area contributed by atoms with Gasteiger partial charge in [-0.3, -0.25) is 4.79 Å². The molecule has 3 aromatic rings. The van der Waals surface area contributed by atoms with Gasteiger partial charge in [0, 0.05) is 36.9 Å². The molecule has 0 saturated carbocycles. The van der Waals surface area contributed by atoms with E-state index in [2.05, 4.69) is 42.0 Å². The molecule has 0 fully saturated rings. The van der Waals surface area contributed by atoms with E-state index < -0.39 is 0 Å². The Labute approximate surface area is 159 Å². The average molecular weight is 358 g/mol. The molecule has 1 amide bonds. The summed E-state index contributed by atoms with van der Waals surface area (Å²) in [6.07, 6.45) is 4.14. The molecule has 5 heteroatoms. The molecule has 0 atom stereocenters. The number of aryl methyl sites for hydroxylation is 1. The summed E-state index contributed by atoms with van der Waals surface area (Å²) >= 11 is 0. The van der Waals surface area contributed by atoms with Crippen LogP contribution in [0.5, 0.6) is 0 Å². The van der Waals surface area contributed by atoms with Crippen molar-refractivity contribution in [2.75, 3.05) is 22.9 Å². The molecular formula is C22H22N4O. The van der Waals surface area contributed by atoms with E-state index in [-0.39, 0.29) is 5.91 Å². The van der Waals surface area contributed by atoms with Crippen LogP contribution in [0.25, 0.3) is 0 Å². The van der Waals surface area contributed by atoms with Gasteiger partial charge in [-0.25, -0.2) is 9.97 Å².